The first-order valence-corrected chi connectivity index (χ1v) is 9.00. The molecule has 0 aliphatic carbocycles. The molecule has 0 atom stereocenters. The summed E-state index contributed by atoms with van der Waals surface area (Å²) in [7, 11) is 3.77. The van der Waals surface area contributed by atoms with Crippen LogP contribution in [0, 0.1) is 12.7 Å². The van der Waals surface area contributed by atoms with Gasteiger partial charge < -0.3 is 9.88 Å². The molecule has 8 heteroatoms. The highest BCUT2D eigenvalue weighted by Crippen LogP contribution is 2.22. The number of halogens is 1. The van der Waals surface area contributed by atoms with Gasteiger partial charge >= 0.3 is 0 Å². The molecule has 0 fully saturated rings. The number of H-pyrrole nitrogens is 1. The number of nitrogens with zero attached hydrogens (tertiary/aromatic N) is 4. The number of benzene rings is 1. The first-order valence-electron chi connectivity index (χ1n) is 9.00. The molecule has 1 amide bonds. The van der Waals surface area contributed by atoms with Crippen LogP contribution in [0.25, 0.3) is 22.2 Å². The summed E-state index contributed by atoms with van der Waals surface area (Å²) in [4.78, 5) is 12.4. The van der Waals surface area contributed by atoms with Crippen LogP contribution in [0.3, 0.4) is 0 Å². The monoisotopic (exact) mass is 380 g/mol. The third-order valence-corrected chi connectivity index (χ3v) is 4.83. The van der Waals surface area contributed by atoms with Gasteiger partial charge in [-0.15, -0.1) is 0 Å². The Balaban J connectivity index is 1.43. The Morgan fingerprint density at radius 1 is 1.25 bits per heavy atom. The lowest BCUT2D eigenvalue weighted by atomic mass is 10.1. The van der Waals surface area contributed by atoms with Crippen molar-refractivity contribution >= 4 is 16.8 Å². The second-order valence-corrected chi connectivity index (χ2v) is 6.90. The zero-order chi connectivity index (χ0) is 19.8. The molecule has 0 spiro atoms. The van der Waals surface area contributed by atoms with Crippen molar-refractivity contribution in [2.45, 2.75) is 13.3 Å². The summed E-state index contributed by atoms with van der Waals surface area (Å²) in [6, 6.07) is 6.46. The highest BCUT2D eigenvalue weighted by Gasteiger charge is 2.14. The number of hydrogen-bond acceptors (Lipinski definition) is 3. The summed E-state index contributed by atoms with van der Waals surface area (Å²) in [6.07, 6.45) is 4.44. The van der Waals surface area contributed by atoms with Gasteiger partial charge in [0.25, 0.3) is 5.91 Å². The average molecular weight is 380 g/mol. The molecule has 0 aliphatic rings. The molecule has 0 saturated heterocycles. The van der Waals surface area contributed by atoms with E-state index in [2.05, 4.69) is 20.6 Å². The fourth-order valence-corrected chi connectivity index (χ4v) is 3.48. The van der Waals surface area contributed by atoms with Gasteiger partial charge in [-0.2, -0.15) is 10.2 Å². The van der Waals surface area contributed by atoms with Crippen LogP contribution < -0.4 is 5.32 Å². The molecule has 144 valence electrons. The number of carbonyl (C=O) groups excluding carboxylic acids is 1. The Bertz CT molecular complexity index is 1170. The van der Waals surface area contributed by atoms with E-state index in [-0.39, 0.29) is 11.7 Å². The van der Waals surface area contributed by atoms with E-state index in [4.69, 9.17) is 0 Å². The van der Waals surface area contributed by atoms with Crippen molar-refractivity contribution in [3.05, 3.63) is 59.4 Å². The van der Waals surface area contributed by atoms with Crippen molar-refractivity contribution in [1.29, 1.82) is 0 Å². The number of aromatic amines is 1. The van der Waals surface area contributed by atoms with Crippen LogP contribution >= 0.6 is 0 Å². The Labute approximate surface area is 161 Å². The first-order chi connectivity index (χ1) is 13.4. The molecule has 0 aliphatic heterocycles. The lowest BCUT2D eigenvalue weighted by molar-refractivity contribution is 0.0949. The molecule has 3 heterocycles. The van der Waals surface area contributed by atoms with E-state index < -0.39 is 0 Å². The van der Waals surface area contributed by atoms with Crippen LogP contribution in [0.5, 0.6) is 0 Å². The minimum absolute atomic E-state index is 0.230. The minimum atomic E-state index is -0.264. The number of hydrogen-bond donors (Lipinski definition) is 2. The first kappa shape index (κ1) is 18.0. The van der Waals surface area contributed by atoms with Crippen molar-refractivity contribution in [2.24, 2.45) is 14.1 Å². The fourth-order valence-electron chi connectivity index (χ4n) is 3.48. The zero-order valence-corrected chi connectivity index (χ0v) is 16.0. The third kappa shape index (κ3) is 3.28. The molecule has 0 radical (unpaired) electrons. The third-order valence-electron chi connectivity index (χ3n) is 4.83. The predicted molar refractivity (Wildman–Crippen MR) is 104 cm³/mol. The van der Waals surface area contributed by atoms with Crippen LogP contribution in [0.4, 0.5) is 4.39 Å². The number of fused-ring (bicyclic) bond motifs is 1. The predicted octanol–water partition coefficient (Wildman–Crippen LogP) is 2.72. The Kier molecular flexibility index (Phi) is 4.46. The van der Waals surface area contributed by atoms with Gasteiger partial charge in [0.15, 0.2) is 0 Å². The smallest absolute Gasteiger partial charge is 0.269 e. The van der Waals surface area contributed by atoms with Gasteiger partial charge in [0.1, 0.15) is 11.5 Å². The normalized spacial score (nSPS) is 11.3. The Morgan fingerprint density at radius 3 is 2.82 bits per heavy atom. The van der Waals surface area contributed by atoms with E-state index in [0.717, 1.165) is 27.7 Å². The SMILES string of the molecule is Cc1nn(C)cc1-c1cc(C(=O)NCCc2cn(C)c3ccc(F)cc23)[nH]n1. The van der Waals surface area contributed by atoms with Crippen LogP contribution in [0.1, 0.15) is 21.7 Å². The number of amides is 1. The highest BCUT2D eigenvalue weighted by atomic mass is 19.1. The van der Waals surface area contributed by atoms with Gasteiger partial charge in [0.05, 0.1) is 11.4 Å². The van der Waals surface area contributed by atoms with E-state index in [9.17, 15) is 9.18 Å². The lowest BCUT2D eigenvalue weighted by Gasteiger charge is -2.03. The standard InChI is InChI=1S/C20H21FN6O/c1-12-16(11-27(3)25-12)17-9-18(24-23-17)20(28)22-7-6-13-10-26(2)19-5-4-14(21)8-15(13)19/h4-5,8-11H,6-7H2,1-3H3,(H,22,28)(H,23,24). The average Bonchev–Trinajstić information content (AvgIpc) is 3.33. The molecular weight excluding hydrogens is 359 g/mol. The van der Waals surface area contributed by atoms with Gasteiger partial charge in [-0.1, -0.05) is 0 Å². The summed E-state index contributed by atoms with van der Waals surface area (Å²) >= 11 is 0. The van der Waals surface area contributed by atoms with E-state index in [1.807, 2.05) is 38.0 Å². The van der Waals surface area contributed by atoms with Gasteiger partial charge in [0.2, 0.25) is 0 Å². The Morgan fingerprint density at radius 2 is 2.07 bits per heavy atom. The number of carbonyl (C=O) groups is 1. The summed E-state index contributed by atoms with van der Waals surface area (Å²) in [5.74, 6) is -0.494. The van der Waals surface area contributed by atoms with Gasteiger partial charge in [-0.05, 0) is 43.2 Å². The molecular formula is C20H21FN6O. The molecule has 2 N–H and O–H groups in total. The maximum absolute atomic E-state index is 13.6. The van der Waals surface area contributed by atoms with Crippen molar-refractivity contribution in [3.8, 4) is 11.3 Å². The summed E-state index contributed by atoms with van der Waals surface area (Å²) in [5, 5.41) is 15.0. The maximum Gasteiger partial charge on any atom is 0.269 e. The number of aryl methyl sites for hydroxylation is 3. The summed E-state index contributed by atoms with van der Waals surface area (Å²) in [5.41, 5.74) is 4.77. The summed E-state index contributed by atoms with van der Waals surface area (Å²) in [6.45, 7) is 2.34. The molecule has 4 aromatic rings. The van der Waals surface area contributed by atoms with Crippen molar-refractivity contribution in [2.75, 3.05) is 6.54 Å². The van der Waals surface area contributed by atoms with Crippen molar-refractivity contribution < 1.29 is 9.18 Å². The van der Waals surface area contributed by atoms with Crippen LogP contribution in [-0.2, 0) is 20.5 Å². The van der Waals surface area contributed by atoms with E-state index in [1.165, 1.54) is 12.1 Å². The highest BCUT2D eigenvalue weighted by molar-refractivity contribution is 5.93. The largest absolute Gasteiger partial charge is 0.350 e. The quantitative estimate of drug-likeness (QED) is 0.559. The lowest BCUT2D eigenvalue weighted by Crippen LogP contribution is -2.26. The van der Waals surface area contributed by atoms with Crippen LogP contribution in [0.2, 0.25) is 0 Å². The number of rotatable bonds is 5. The molecule has 0 bridgehead atoms. The molecule has 3 aromatic heterocycles. The molecule has 7 nitrogen and oxygen atoms in total. The van der Waals surface area contributed by atoms with Gasteiger partial charge in [-0.25, -0.2) is 4.39 Å². The number of aromatic nitrogens is 5. The molecule has 28 heavy (non-hydrogen) atoms. The zero-order valence-electron chi connectivity index (χ0n) is 16.0. The van der Waals surface area contributed by atoms with E-state index in [1.54, 1.807) is 16.8 Å². The van der Waals surface area contributed by atoms with Crippen molar-refractivity contribution in [1.82, 2.24) is 29.9 Å². The minimum Gasteiger partial charge on any atom is -0.350 e. The van der Waals surface area contributed by atoms with Gasteiger partial charge in [-0.3, -0.25) is 14.6 Å². The topological polar surface area (TPSA) is 80.5 Å². The van der Waals surface area contributed by atoms with Crippen LogP contribution in [-0.4, -0.2) is 37.0 Å². The van der Waals surface area contributed by atoms with E-state index >= 15 is 0 Å². The number of nitrogens with one attached hydrogen (secondary N) is 2. The van der Waals surface area contributed by atoms with Crippen molar-refractivity contribution in [3.63, 3.8) is 0 Å². The molecule has 4 rings (SSSR count). The maximum atomic E-state index is 13.6. The Hall–Kier alpha value is -3.42. The molecule has 0 saturated carbocycles. The fraction of sp³-hybridized carbons (Fsp3) is 0.250. The summed E-state index contributed by atoms with van der Waals surface area (Å²) < 4.78 is 17.2. The van der Waals surface area contributed by atoms with Gasteiger partial charge in [0, 0.05) is 49.5 Å². The van der Waals surface area contributed by atoms with Crippen LogP contribution in [0.15, 0.2) is 36.7 Å². The molecule has 0 unspecified atom stereocenters. The second-order valence-electron chi connectivity index (χ2n) is 6.90. The second kappa shape index (κ2) is 6.95. The van der Waals surface area contributed by atoms with E-state index in [0.29, 0.717) is 24.4 Å². The molecule has 1 aromatic carbocycles.